The van der Waals surface area contributed by atoms with Crippen molar-refractivity contribution in [1.82, 2.24) is 0 Å². The van der Waals surface area contributed by atoms with Gasteiger partial charge in [-0.1, -0.05) is 38.5 Å². The summed E-state index contributed by atoms with van der Waals surface area (Å²) in [6.07, 6.45) is 9.91. The van der Waals surface area contributed by atoms with E-state index in [1.54, 1.807) is 0 Å². The highest BCUT2D eigenvalue weighted by molar-refractivity contribution is 4.57. The molecule has 0 atom stereocenters. The maximum absolute atomic E-state index is 9.66. The first kappa shape index (κ1) is 15.9. The summed E-state index contributed by atoms with van der Waals surface area (Å²) in [4.78, 5) is 0. The second-order valence-electron chi connectivity index (χ2n) is 4.51. The molecule has 0 fully saturated rings. The van der Waals surface area contributed by atoms with E-state index in [-0.39, 0.29) is 19.3 Å². The first-order valence-electron chi connectivity index (χ1n) is 6.71. The molecule has 0 rings (SSSR count). The van der Waals surface area contributed by atoms with Crippen LogP contribution in [-0.2, 0) is 0 Å². The van der Waals surface area contributed by atoms with Crippen molar-refractivity contribution in [2.45, 2.75) is 70.3 Å². The molecule has 0 saturated heterocycles. The van der Waals surface area contributed by atoms with Crippen LogP contribution in [0.15, 0.2) is 0 Å². The topological polar surface area (TPSA) is 60.7 Å². The van der Waals surface area contributed by atoms with Crippen molar-refractivity contribution < 1.29 is 15.3 Å². The van der Waals surface area contributed by atoms with E-state index in [0.717, 1.165) is 64.2 Å². The minimum absolute atomic E-state index is 0.150. The van der Waals surface area contributed by atoms with E-state index >= 15 is 0 Å². The van der Waals surface area contributed by atoms with E-state index in [9.17, 15) is 5.11 Å². The van der Waals surface area contributed by atoms with Gasteiger partial charge in [-0.2, -0.15) is 0 Å². The predicted octanol–water partition coefficient (Wildman–Crippen LogP) is 2.23. The van der Waals surface area contributed by atoms with Crippen LogP contribution in [0, 0.1) is 0 Å². The Kier molecular flexibility index (Phi) is 12.9. The Labute approximate surface area is 99.5 Å². The molecule has 0 bridgehead atoms. The predicted molar refractivity (Wildman–Crippen MR) is 66.3 cm³/mol. The van der Waals surface area contributed by atoms with Crippen molar-refractivity contribution in [2.75, 3.05) is 13.2 Å². The molecule has 0 saturated carbocycles. The molecule has 0 aromatic carbocycles. The van der Waals surface area contributed by atoms with Crippen molar-refractivity contribution in [3.05, 3.63) is 0 Å². The third-order valence-electron chi connectivity index (χ3n) is 2.89. The van der Waals surface area contributed by atoms with Crippen molar-refractivity contribution >= 4 is 0 Å². The fraction of sp³-hybridized carbons (Fsp3) is 1.00. The normalized spacial score (nSPS) is 11.2. The van der Waals surface area contributed by atoms with Gasteiger partial charge in [0.1, 0.15) is 0 Å². The van der Waals surface area contributed by atoms with Crippen LogP contribution in [0.4, 0.5) is 0 Å². The van der Waals surface area contributed by atoms with E-state index < -0.39 is 0 Å². The molecule has 0 amide bonds. The molecule has 0 aliphatic rings. The number of aliphatic hydroxyl groups is 3. The molecule has 0 aliphatic carbocycles. The summed E-state index contributed by atoms with van der Waals surface area (Å²) >= 11 is 0. The molecule has 0 heterocycles. The molecular formula is C13H28O3. The van der Waals surface area contributed by atoms with Gasteiger partial charge in [0.2, 0.25) is 0 Å². The van der Waals surface area contributed by atoms with Crippen LogP contribution in [0.2, 0.25) is 0 Å². The monoisotopic (exact) mass is 232 g/mol. The largest absolute Gasteiger partial charge is 0.396 e. The fourth-order valence-electron chi connectivity index (χ4n) is 1.83. The zero-order valence-corrected chi connectivity index (χ0v) is 10.4. The highest BCUT2D eigenvalue weighted by Gasteiger charge is 2.03. The summed E-state index contributed by atoms with van der Waals surface area (Å²) in [5.74, 6) is 0. The smallest absolute Gasteiger partial charge is 0.0540 e. The summed E-state index contributed by atoms with van der Waals surface area (Å²) in [6, 6.07) is 0. The number of unbranched alkanes of at least 4 members (excludes halogenated alkanes) is 6. The third kappa shape index (κ3) is 12.0. The van der Waals surface area contributed by atoms with E-state index in [1.807, 2.05) is 0 Å². The molecule has 3 N–H and O–H groups in total. The lowest BCUT2D eigenvalue weighted by Crippen LogP contribution is -2.06. The average Bonchev–Trinajstić information content (AvgIpc) is 2.28. The maximum Gasteiger partial charge on any atom is 0.0540 e. The van der Waals surface area contributed by atoms with Crippen LogP contribution in [0.5, 0.6) is 0 Å². The van der Waals surface area contributed by atoms with E-state index in [4.69, 9.17) is 10.2 Å². The fourth-order valence-corrected chi connectivity index (χ4v) is 1.83. The maximum atomic E-state index is 9.66. The molecule has 0 aromatic rings. The molecule has 16 heavy (non-hydrogen) atoms. The summed E-state index contributed by atoms with van der Waals surface area (Å²) < 4.78 is 0. The molecule has 98 valence electrons. The molecule has 0 unspecified atom stereocenters. The summed E-state index contributed by atoms with van der Waals surface area (Å²) in [7, 11) is 0. The zero-order chi connectivity index (χ0) is 12.1. The highest BCUT2D eigenvalue weighted by atomic mass is 16.3. The first-order chi connectivity index (χ1) is 7.81. The van der Waals surface area contributed by atoms with Gasteiger partial charge in [0.05, 0.1) is 6.10 Å². The van der Waals surface area contributed by atoms with Gasteiger partial charge in [-0.15, -0.1) is 0 Å². The highest BCUT2D eigenvalue weighted by Crippen LogP contribution is 2.11. The molecule has 0 spiro atoms. The summed E-state index contributed by atoms with van der Waals surface area (Å²) in [5.41, 5.74) is 0. The molecule has 0 radical (unpaired) electrons. The molecular weight excluding hydrogens is 204 g/mol. The van der Waals surface area contributed by atoms with Crippen LogP contribution in [0.25, 0.3) is 0 Å². The van der Waals surface area contributed by atoms with Crippen LogP contribution in [0.3, 0.4) is 0 Å². The first-order valence-corrected chi connectivity index (χ1v) is 6.71. The Bertz CT molecular complexity index is 114. The van der Waals surface area contributed by atoms with E-state index in [2.05, 4.69) is 0 Å². The number of hydrogen-bond acceptors (Lipinski definition) is 3. The Balaban J connectivity index is 3.09. The number of aliphatic hydroxyl groups excluding tert-OH is 3. The molecule has 0 aliphatic heterocycles. The second kappa shape index (κ2) is 12.9. The lowest BCUT2D eigenvalue weighted by Gasteiger charge is -2.09. The van der Waals surface area contributed by atoms with Gasteiger partial charge in [0, 0.05) is 13.2 Å². The number of hydrogen-bond donors (Lipinski definition) is 3. The van der Waals surface area contributed by atoms with Gasteiger partial charge >= 0.3 is 0 Å². The van der Waals surface area contributed by atoms with Gasteiger partial charge in [-0.3, -0.25) is 0 Å². The van der Waals surface area contributed by atoms with Gasteiger partial charge < -0.3 is 15.3 Å². The second-order valence-corrected chi connectivity index (χ2v) is 4.51. The van der Waals surface area contributed by atoms with Crippen LogP contribution in [0.1, 0.15) is 64.2 Å². The molecule has 3 heteroatoms. The van der Waals surface area contributed by atoms with Gasteiger partial charge in [-0.25, -0.2) is 0 Å². The van der Waals surface area contributed by atoms with Crippen LogP contribution in [-0.4, -0.2) is 34.6 Å². The standard InChI is InChI=1S/C13H28O3/c14-11-7-3-1-5-9-13(16)10-6-2-4-8-12-15/h13-16H,1-12H2. The molecule has 3 nitrogen and oxygen atoms in total. The van der Waals surface area contributed by atoms with Gasteiger partial charge in [-0.05, 0) is 25.7 Å². The summed E-state index contributed by atoms with van der Waals surface area (Å²) in [6.45, 7) is 0.570. The van der Waals surface area contributed by atoms with Crippen LogP contribution >= 0.6 is 0 Å². The van der Waals surface area contributed by atoms with Gasteiger partial charge in [0.25, 0.3) is 0 Å². The average molecular weight is 232 g/mol. The summed E-state index contributed by atoms with van der Waals surface area (Å²) in [5, 5.41) is 26.9. The van der Waals surface area contributed by atoms with E-state index in [0.29, 0.717) is 0 Å². The van der Waals surface area contributed by atoms with Crippen molar-refractivity contribution in [2.24, 2.45) is 0 Å². The lowest BCUT2D eigenvalue weighted by molar-refractivity contribution is 0.146. The van der Waals surface area contributed by atoms with E-state index in [1.165, 1.54) is 0 Å². The minimum atomic E-state index is -0.150. The zero-order valence-electron chi connectivity index (χ0n) is 10.4. The van der Waals surface area contributed by atoms with Crippen LogP contribution < -0.4 is 0 Å². The Morgan fingerprint density at radius 2 is 0.938 bits per heavy atom. The SMILES string of the molecule is OCCCCCCC(O)CCCCCCO. The Morgan fingerprint density at radius 1 is 0.562 bits per heavy atom. The Hall–Kier alpha value is -0.120. The van der Waals surface area contributed by atoms with Crippen molar-refractivity contribution in [3.8, 4) is 0 Å². The number of rotatable bonds is 12. The Morgan fingerprint density at radius 3 is 1.31 bits per heavy atom. The quantitative estimate of drug-likeness (QED) is 0.452. The lowest BCUT2D eigenvalue weighted by atomic mass is 10.0. The third-order valence-corrected chi connectivity index (χ3v) is 2.89. The molecule has 0 aromatic heterocycles. The minimum Gasteiger partial charge on any atom is -0.396 e. The van der Waals surface area contributed by atoms with Crippen molar-refractivity contribution in [1.29, 1.82) is 0 Å². The van der Waals surface area contributed by atoms with Crippen molar-refractivity contribution in [3.63, 3.8) is 0 Å². The van der Waals surface area contributed by atoms with Gasteiger partial charge in [0.15, 0.2) is 0 Å².